The highest BCUT2D eigenvalue weighted by Gasteiger charge is 2.47. The summed E-state index contributed by atoms with van der Waals surface area (Å²) in [6.07, 6.45) is 10.7. The number of anilines is 1. The predicted octanol–water partition coefficient (Wildman–Crippen LogP) is 1.71. The smallest absolute Gasteiger partial charge is 0.323 e. The molecule has 5 heteroatoms. The lowest BCUT2D eigenvalue weighted by molar-refractivity contribution is 0.247. The lowest BCUT2D eigenvalue weighted by atomic mass is 9.81. The summed E-state index contributed by atoms with van der Waals surface area (Å²) < 4.78 is 0. The molecule has 90 valence electrons. The van der Waals surface area contributed by atoms with E-state index in [9.17, 15) is 4.79 Å². The van der Waals surface area contributed by atoms with Crippen LogP contribution >= 0.6 is 0 Å². The van der Waals surface area contributed by atoms with Crippen molar-refractivity contribution in [2.45, 2.75) is 37.6 Å². The zero-order valence-corrected chi connectivity index (χ0v) is 9.72. The highest BCUT2D eigenvalue weighted by molar-refractivity contribution is 5.95. The van der Waals surface area contributed by atoms with Gasteiger partial charge in [-0.3, -0.25) is 9.88 Å². The van der Waals surface area contributed by atoms with E-state index in [0.717, 1.165) is 19.4 Å². The van der Waals surface area contributed by atoms with Crippen molar-refractivity contribution in [2.75, 3.05) is 11.4 Å². The molecular formula is C12H16N4O. The van der Waals surface area contributed by atoms with Gasteiger partial charge in [-0.05, 0) is 12.8 Å². The number of urea groups is 1. The third-order valence-corrected chi connectivity index (χ3v) is 3.81. The summed E-state index contributed by atoms with van der Waals surface area (Å²) >= 11 is 0. The first kappa shape index (κ1) is 10.5. The van der Waals surface area contributed by atoms with Crippen LogP contribution in [0.25, 0.3) is 0 Å². The average Bonchev–Trinajstić information content (AvgIpc) is 2.68. The van der Waals surface area contributed by atoms with Gasteiger partial charge in [0.25, 0.3) is 0 Å². The number of carbonyl (C=O) groups is 1. The van der Waals surface area contributed by atoms with Crippen LogP contribution in [0.4, 0.5) is 10.6 Å². The second-order valence-corrected chi connectivity index (χ2v) is 4.84. The molecule has 0 aromatic carbocycles. The first-order valence-corrected chi connectivity index (χ1v) is 6.16. The summed E-state index contributed by atoms with van der Waals surface area (Å²) in [7, 11) is 0. The zero-order valence-electron chi connectivity index (χ0n) is 9.72. The molecule has 2 heterocycles. The highest BCUT2D eigenvalue weighted by atomic mass is 16.2. The molecule has 2 fully saturated rings. The molecule has 2 amide bonds. The maximum absolute atomic E-state index is 12.0. The van der Waals surface area contributed by atoms with E-state index in [2.05, 4.69) is 15.3 Å². The lowest BCUT2D eigenvalue weighted by Crippen LogP contribution is -2.49. The van der Waals surface area contributed by atoms with Crippen molar-refractivity contribution in [1.29, 1.82) is 0 Å². The topological polar surface area (TPSA) is 58.1 Å². The predicted molar refractivity (Wildman–Crippen MR) is 63.7 cm³/mol. The van der Waals surface area contributed by atoms with Gasteiger partial charge in [-0.25, -0.2) is 9.78 Å². The fraction of sp³-hybridized carbons (Fsp3) is 0.583. The number of nitrogens with zero attached hydrogens (tertiary/aromatic N) is 3. The van der Waals surface area contributed by atoms with Crippen molar-refractivity contribution >= 4 is 11.8 Å². The van der Waals surface area contributed by atoms with E-state index in [1.165, 1.54) is 19.3 Å². The van der Waals surface area contributed by atoms with Gasteiger partial charge in [0.2, 0.25) is 0 Å². The minimum Gasteiger partial charge on any atom is -0.335 e. The van der Waals surface area contributed by atoms with Crippen molar-refractivity contribution in [3.8, 4) is 0 Å². The first-order valence-electron chi connectivity index (χ1n) is 6.16. The van der Waals surface area contributed by atoms with E-state index < -0.39 is 0 Å². The Morgan fingerprint density at radius 1 is 1.24 bits per heavy atom. The molecule has 1 saturated heterocycles. The largest absolute Gasteiger partial charge is 0.335 e. The molecule has 2 aliphatic rings. The van der Waals surface area contributed by atoms with Gasteiger partial charge in [-0.2, -0.15) is 0 Å². The third kappa shape index (κ3) is 1.66. The van der Waals surface area contributed by atoms with E-state index in [1.807, 2.05) is 4.90 Å². The van der Waals surface area contributed by atoms with Crippen LogP contribution in [0.1, 0.15) is 32.1 Å². The summed E-state index contributed by atoms with van der Waals surface area (Å²) in [5, 5.41) is 2.95. The van der Waals surface area contributed by atoms with Crippen LogP contribution in [0.5, 0.6) is 0 Å². The van der Waals surface area contributed by atoms with Crippen LogP contribution in [0, 0.1) is 0 Å². The Kier molecular flexibility index (Phi) is 2.46. The van der Waals surface area contributed by atoms with Crippen LogP contribution in [-0.2, 0) is 0 Å². The van der Waals surface area contributed by atoms with E-state index in [-0.39, 0.29) is 11.6 Å². The molecule has 1 aliphatic carbocycles. The zero-order chi connectivity index (χ0) is 11.7. The Morgan fingerprint density at radius 2 is 2.06 bits per heavy atom. The Morgan fingerprint density at radius 3 is 2.76 bits per heavy atom. The van der Waals surface area contributed by atoms with Crippen LogP contribution < -0.4 is 10.2 Å². The Labute approximate surface area is 100 Å². The number of amides is 2. The molecule has 1 aliphatic heterocycles. The Hall–Kier alpha value is -1.65. The molecule has 1 spiro atoms. The summed E-state index contributed by atoms with van der Waals surface area (Å²) in [6, 6.07) is -0.0348. The van der Waals surface area contributed by atoms with Gasteiger partial charge in [0.15, 0.2) is 5.82 Å². The van der Waals surface area contributed by atoms with Gasteiger partial charge in [0.05, 0.1) is 11.7 Å². The van der Waals surface area contributed by atoms with Gasteiger partial charge < -0.3 is 5.32 Å². The lowest BCUT2D eigenvalue weighted by Gasteiger charge is -2.39. The Bertz CT molecular complexity index is 414. The summed E-state index contributed by atoms with van der Waals surface area (Å²) in [4.78, 5) is 22.1. The van der Waals surface area contributed by atoms with Crippen LogP contribution in [0.2, 0.25) is 0 Å². The molecule has 1 saturated carbocycles. The van der Waals surface area contributed by atoms with E-state index in [4.69, 9.17) is 0 Å². The monoisotopic (exact) mass is 232 g/mol. The minimum absolute atomic E-state index is 0.0348. The minimum atomic E-state index is -0.0641. The van der Waals surface area contributed by atoms with Crippen molar-refractivity contribution in [3.05, 3.63) is 18.6 Å². The maximum Gasteiger partial charge on any atom is 0.323 e. The quantitative estimate of drug-likeness (QED) is 0.802. The third-order valence-electron chi connectivity index (χ3n) is 3.81. The number of carbonyl (C=O) groups excluding carboxylic acids is 1. The van der Waals surface area contributed by atoms with E-state index >= 15 is 0 Å². The SMILES string of the molecule is O=C1NCC2(CCCCC2)N1c1cnccn1. The van der Waals surface area contributed by atoms with Crippen LogP contribution in [0.15, 0.2) is 18.6 Å². The van der Waals surface area contributed by atoms with Gasteiger partial charge >= 0.3 is 6.03 Å². The summed E-state index contributed by atoms with van der Waals surface area (Å²) in [6.45, 7) is 0.738. The second kappa shape index (κ2) is 3.98. The number of nitrogens with one attached hydrogen (secondary N) is 1. The standard InChI is InChI=1S/C12H16N4O/c17-11-15-9-12(4-2-1-3-5-12)16(11)10-8-13-6-7-14-10/h6-8H,1-5,9H2,(H,15,17). The van der Waals surface area contributed by atoms with Crippen molar-refractivity contribution < 1.29 is 4.79 Å². The molecule has 5 nitrogen and oxygen atoms in total. The summed E-state index contributed by atoms with van der Waals surface area (Å²) in [5.74, 6) is 0.671. The first-order chi connectivity index (χ1) is 8.32. The van der Waals surface area contributed by atoms with Crippen molar-refractivity contribution in [3.63, 3.8) is 0 Å². The van der Waals surface area contributed by atoms with Gasteiger partial charge in [-0.15, -0.1) is 0 Å². The summed E-state index contributed by atoms with van der Waals surface area (Å²) in [5.41, 5.74) is -0.0641. The maximum atomic E-state index is 12.0. The average molecular weight is 232 g/mol. The van der Waals surface area contributed by atoms with Gasteiger partial charge in [0, 0.05) is 18.9 Å². The Balaban J connectivity index is 1.97. The molecule has 1 N–H and O–H groups in total. The normalized spacial score (nSPS) is 22.8. The molecule has 1 aromatic rings. The van der Waals surface area contributed by atoms with E-state index in [1.54, 1.807) is 18.6 Å². The van der Waals surface area contributed by atoms with Crippen LogP contribution in [0.3, 0.4) is 0 Å². The molecule has 0 bridgehead atoms. The fourth-order valence-electron chi connectivity index (χ4n) is 2.98. The molecule has 17 heavy (non-hydrogen) atoms. The fourth-order valence-corrected chi connectivity index (χ4v) is 2.98. The molecule has 3 rings (SSSR count). The molecule has 0 radical (unpaired) electrons. The van der Waals surface area contributed by atoms with Gasteiger partial charge in [-0.1, -0.05) is 19.3 Å². The molecule has 0 atom stereocenters. The van der Waals surface area contributed by atoms with E-state index in [0.29, 0.717) is 5.82 Å². The van der Waals surface area contributed by atoms with Crippen LogP contribution in [-0.4, -0.2) is 28.1 Å². The van der Waals surface area contributed by atoms with Crippen molar-refractivity contribution in [1.82, 2.24) is 15.3 Å². The van der Waals surface area contributed by atoms with Crippen molar-refractivity contribution in [2.24, 2.45) is 0 Å². The molecule has 0 unspecified atom stereocenters. The second-order valence-electron chi connectivity index (χ2n) is 4.84. The molecule has 1 aromatic heterocycles. The highest BCUT2D eigenvalue weighted by Crippen LogP contribution is 2.38. The number of hydrogen-bond acceptors (Lipinski definition) is 3. The number of rotatable bonds is 1. The number of aromatic nitrogens is 2. The molecular weight excluding hydrogens is 216 g/mol. The number of hydrogen-bond donors (Lipinski definition) is 1. The van der Waals surface area contributed by atoms with Gasteiger partial charge in [0.1, 0.15) is 0 Å².